The molecule has 1 aliphatic carbocycles. The molecular formula is C14H23NO. The molecule has 1 aromatic rings. The maximum absolute atomic E-state index is 5.42. The molecule has 1 aliphatic rings. The van der Waals surface area contributed by atoms with Gasteiger partial charge in [-0.3, -0.25) is 0 Å². The van der Waals surface area contributed by atoms with Crippen LogP contribution in [0.1, 0.15) is 57.9 Å². The molecule has 0 aliphatic heterocycles. The lowest BCUT2D eigenvalue weighted by Crippen LogP contribution is -1.90. The molecule has 1 aromatic heterocycles. The first-order valence-corrected chi connectivity index (χ1v) is 6.09. The highest BCUT2D eigenvalue weighted by atomic mass is 16.4. The van der Waals surface area contributed by atoms with Crippen LogP contribution in [0, 0.1) is 6.92 Å². The summed E-state index contributed by atoms with van der Waals surface area (Å²) in [7, 11) is 0. The van der Waals surface area contributed by atoms with Crippen LogP contribution < -0.4 is 0 Å². The second-order valence-electron chi connectivity index (χ2n) is 3.02. The van der Waals surface area contributed by atoms with Gasteiger partial charge in [-0.15, -0.1) is 0 Å². The third-order valence-corrected chi connectivity index (χ3v) is 1.98. The van der Waals surface area contributed by atoms with Gasteiger partial charge >= 0.3 is 0 Å². The van der Waals surface area contributed by atoms with Crippen molar-refractivity contribution in [2.24, 2.45) is 0 Å². The predicted octanol–water partition coefficient (Wildman–Crippen LogP) is 4.72. The Hall–Kier alpha value is -1.31. The number of allylic oxidation sites excluding steroid dienone is 3. The highest BCUT2D eigenvalue weighted by Gasteiger charge is 2.14. The summed E-state index contributed by atoms with van der Waals surface area (Å²) >= 11 is 0. The Labute approximate surface area is 99.1 Å². The molecular weight excluding hydrogens is 198 g/mol. The van der Waals surface area contributed by atoms with Crippen LogP contribution in [0.3, 0.4) is 0 Å². The van der Waals surface area contributed by atoms with Gasteiger partial charge in [0.15, 0.2) is 11.7 Å². The van der Waals surface area contributed by atoms with Gasteiger partial charge in [0.2, 0.25) is 0 Å². The summed E-state index contributed by atoms with van der Waals surface area (Å²) in [6.07, 6.45) is 8.07. The van der Waals surface area contributed by atoms with E-state index in [1.54, 1.807) is 0 Å². The first-order chi connectivity index (χ1) is 7.77. The molecule has 0 saturated heterocycles. The molecule has 0 N–H and O–H groups in total. The van der Waals surface area contributed by atoms with E-state index >= 15 is 0 Å². The van der Waals surface area contributed by atoms with E-state index in [-0.39, 0.29) is 0 Å². The number of aryl methyl sites for hydroxylation is 1. The number of aromatic nitrogens is 1. The Morgan fingerprint density at radius 2 is 1.75 bits per heavy atom. The Morgan fingerprint density at radius 1 is 1.12 bits per heavy atom. The molecule has 1 unspecified atom stereocenters. The fraction of sp³-hybridized carbons (Fsp3) is 0.500. The highest BCUT2D eigenvalue weighted by Crippen LogP contribution is 2.24. The molecule has 2 nitrogen and oxygen atoms in total. The molecule has 0 bridgehead atoms. The van der Waals surface area contributed by atoms with E-state index in [1.807, 2.05) is 52.8 Å². The van der Waals surface area contributed by atoms with Crippen LogP contribution in [0.15, 0.2) is 22.6 Å². The van der Waals surface area contributed by atoms with Gasteiger partial charge < -0.3 is 4.42 Å². The standard InChI is InChI=1S/C10H11NO.2C2H6/c1-7-5-3-4-6-9-10(7)11-8(2)12-9;2*1-2/h3-7H,1-2H3;2*1-2H3. The largest absolute Gasteiger partial charge is 0.441 e. The van der Waals surface area contributed by atoms with Gasteiger partial charge in [0.05, 0.1) is 5.69 Å². The van der Waals surface area contributed by atoms with Crippen molar-refractivity contribution < 1.29 is 4.42 Å². The van der Waals surface area contributed by atoms with E-state index in [2.05, 4.69) is 18.0 Å². The SMILES string of the molecule is CC.CC.Cc1nc2c(o1)C=CC=CC2C. The van der Waals surface area contributed by atoms with Crippen molar-refractivity contribution in [3.8, 4) is 0 Å². The third kappa shape index (κ3) is 3.69. The van der Waals surface area contributed by atoms with Crippen molar-refractivity contribution in [2.75, 3.05) is 0 Å². The number of fused-ring (bicyclic) bond motifs is 1. The van der Waals surface area contributed by atoms with Crippen molar-refractivity contribution in [1.82, 2.24) is 4.98 Å². The number of hydrogen-bond donors (Lipinski definition) is 0. The molecule has 1 atom stereocenters. The van der Waals surface area contributed by atoms with Gasteiger partial charge in [0, 0.05) is 12.8 Å². The maximum atomic E-state index is 5.42. The lowest BCUT2D eigenvalue weighted by molar-refractivity contribution is 0.512. The van der Waals surface area contributed by atoms with Gasteiger partial charge in [-0.2, -0.15) is 0 Å². The summed E-state index contributed by atoms with van der Waals surface area (Å²) < 4.78 is 5.42. The summed E-state index contributed by atoms with van der Waals surface area (Å²) in [5.74, 6) is 1.99. The van der Waals surface area contributed by atoms with Crippen molar-refractivity contribution >= 4 is 6.08 Å². The van der Waals surface area contributed by atoms with Crippen LogP contribution in [0.4, 0.5) is 0 Å². The molecule has 0 saturated carbocycles. The normalized spacial score (nSPS) is 16.2. The van der Waals surface area contributed by atoms with Gasteiger partial charge in [-0.1, -0.05) is 52.8 Å². The van der Waals surface area contributed by atoms with E-state index in [1.165, 1.54) is 0 Å². The number of hydrogen-bond acceptors (Lipinski definition) is 2. The summed E-state index contributed by atoms with van der Waals surface area (Å²) in [6, 6.07) is 0. The number of nitrogens with zero attached hydrogens (tertiary/aromatic N) is 1. The minimum Gasteiger partial charge on any atom is -0.441 e. The lowest BCUT2D eigenvalue weighted by Gasteiger charge is -1.98. The Balaban J connectivity index is 0.000000509. The summed E-state index contributed by atoms with van der Waals surface area (Å²) in [6.45, 7) is 12.0. The zero-order chi connectivity index (χ0) is 12.6. The minimum atomic E-state index is 0.354. The highest BCUT2D eigenvalue weighted by molar-refractivity contribution is 5.51. The van der Waals surface area contributed by atoms with E-state index in [9.17, 15) is 0 Å². The van der Waals surface area contributed by atoms with Gasteiger partial charge in [0.1, 0.15) is 0 Å². The van der Waals surface area contributed by atoms with Crippen molar-refractivity contribution in [3.63, 3.8) is 0 Å². The number of oxazole rings is 1. The molecule has 16 heavy (non-hydrogen) atoms. The Kier molecular flexibility index (Phi) is 7.27. The third-order valence-electron chi connectivity index (χ3n) is 1.98. The fourth-order valence-electron chi connectivity index (χ4n) is 1.37. The molecule has 0 fully saturated rings. The van der Waals surface area contributed by atoms with Gasteiger partial charge in [-0.05, 0) is 6.08 Å². The van der Waals surface area contributed by atoms with Crippen LogP contribution in [0.2, 0.25) is 0 Å². The molecule has 0 aromatic carbocycles. The Morgan fingerprint density at radius 3 is 2.38 bits per heavy atom. The summed E-state index contributed by atoms with van der Waals surface area (Å²) in [5.41, 5.74) is 1.04. The Bertz CT molecular complexity index is 348. The van der Waals surface area contributed by atoms with Crippen LogP contribution in [0.5, 0.6) is 0 Å². The van der Waals surface area contributed by atoms with Gasteiger partial charge in [-0.25, -0.2) is 4.98 Å². The van der Waals surface area contributed by atoms with E-state index in [0.717, 1.165) is 17.3 Å². The van der Waals surface area contributed by atoms with E-state index in [0.29, 0.717) is 5.92 Å². The van der Waals surface area contributed by atoms with E-state index < -0.39 is 0 Å². The smallest absolute Gasteiger partial charge is 0.192 e. The zero-order valence-electron chi connectivity index (χ0n) is 11.2. The first-order valence-electron chi connectivity index (χ1n) is 6.09. The quantitative estimate of drug-likeness (QED) is 0.633. The molecule has 90 valence electrons. The second-order valence-corrected chi connectivity index (χ2v) is 3.02. The monoisotopic (exact) mass is 221 g/mol. The molecule has 0 spiro atoms. The molecule has 1 heterocycles. The lowest BCUT2D eigenvalue weighted by atomic mass is 10.1. The zero-order valence-corrected chi connectivity index (χ0v) is 11.2. The minimum absolute atomic E-state index is 0.354. The summed E-state index contributed by atoms with van der Waals surface area (Å²) in [5, 5.41) is 0. The average Bonchev–Trinajstić information content (AvgIpc) is 2.63. The second kappa shape index (κ2) is 7.91. The molecule has 2 rings (SSSR count). The molecule has 2 heteroatoms. The predicted molar refractivity (Wildman–Crippen MR) is 70.5 cm³/mol. The number of rotatable bonds is 0. The van der Waals surface area contributed by atoms with Gasteiger partial charge in [0.25, 0.3) is 0 Å². The molecule has 0 amide bonds. The average molecular weight is 221 g/mol. The van der Waals surface area contributed by atoms with Crippen LogP contribution >= 0.6 is 0 Å². The topological polar surface area (TPSA) is 26.0 Å². The van der Waals surface area contributed by atoms with Crippen molar-refractivity contribution in [1.29, 1.82) is 0 Å². The van der Waals surface area contributed by atoms with Crippen LogP contribution in [0.25, 0.3) is 6.08 Å². The maximum Gasteiger partial charge on any atom is 0.192 e. The van der Waals surface area contributed by atoms with E-state index in [4.69, 9.17) is 4.42 Å². The first kappa shape index (κ1) is 14.7. The van der Waals surface area contributed by atoms with Crippen molar-refractivity contribution in [3.05, 3.63) is 35.6 Å². The summed E-state index contributed by atoms with van der Waals surface area (Å²) in [4.78, 5) is 4.32. The molecule has 0 radical (unpaired) electrons. The van der Waals surface area contributed by atoms with Crippen LogP contribution in [-0.4, -0.2) is 4.98 Å². The van der Waals surface area contributed by atoms with Crippen molar-refractivity contribution in [2.45, 2.75) is 47.5 Å². The van der Waals surface area contributed by atoms with Crippen LogP contribution in [-0.2, 0) is 0 Å². The fourth-order valence-corrected chi connectivity index (χ4v) is 1.37.